The lowest BCUT2D eigenvalue weighted by Gasteiger charge is -1.97. The van der Waals surface area contributed by atoms with Gasteiger partial charge in [0.1, 0.15) is 11.2 Å². The van der Waals surface area contributed by atoms with Gasteiger partial charge in [0.2, 0.25) is 0 Å². The van der Waals surface area contributed by atoms with Gasteiger partial charge in [-0.2, -0.15) is 5.10 Å². The highest BCUT2D eigenvalue weighted by atomic mass is 16.5. The minimum atomic E-state index is -0.437. The Morgan fingerprint density at radius 2 is 2.36 bits per heavy atom. The van der Waals surface area contributed by atoms with Crippen molar-refractivity contribution in [2.24, 2.45) is 0 Å². The van der Waals surface area contributed by atoms with Gasteiger partial charge in [-0.3, -0.25) is 5.10 Å². The number of nitrogens with zero attached hydrogens (tertiary/aromatic N) is 2. The number of carbonyl (C=O) groups is 1. The van der Waals surface area contributed by atoms with Gasteiger partial charge < -0.3 is 4.74 Å². The van der Waals surface area contributed by atoms with Gasteiger partial charge in [-0.15, -0.1) is 0 Å². The third-order valence-corrected chi connectivity index (χ3v) is 1.98. The van der Waals surface area contributed by atoms with E-state index in [1.54, 1.807) is 12.1 Å². The molecule has 2 aromatic rings. The van der Waals surface area contributed by atoms with Crippen LogP contribution in [-0.2, 0) is 4.74 Å². The predicted molar refractivity (Wildman–Crippen MR) is 53.4 cm³/mol. The van der Waals surface area contributed by atoms with Crippen LogP contribution in [0.3, 0.4) is 0 Å². The van der Waals surface area contributed by atoms with Crippen molar-refractivity contribution in [3.8, 4) is 0 Å². The Hall–Kier alpha value is -1.85. The van der Waals surface area contributed by atoms with Gasteiger partial charge in [-0.25, -0.2) is 9.78 Å². The summed E-state index contributed by atoms with van der Waals surface area (Å²) in [6, 6.07) is 3.36. The lowest BCUT2D eigenvalue weighted by molar-refractivity contribution is 0.0594. The Balaban J connectivity index is 2.60. The number of methoxy groups -OCH3 is 1. The normalized spacial score (nSPS) is 10.4. The molecule has 14 heavy (non-hydrogen) atoms. The van der Waals surface area contributed by atoms with Crippen LogP contribution < -0.4 is 5.59 Å². The fourth-order valence-electron chi connectivity index (χ4n) is 1.24. The van der Waals surface area contributed by atoms with Crippen molar-refractivity contribution in [2.45, 2.75) is 0 Å². The van der Waals surface area contributed by atoms with Crippen molar-refractivity contribution in [1.82, 2.24) is 15.2 Å². The van der Waals surface area contributed by atoms with Gasteiger partial charge in [-0.1, -0.05) is 0 Å². The third-order valence-electron chi connectivity index (χ3n) is 1.98. The Bertz CT molecular complexity index is 494. The van der Waals surface area contributed by atoms with Crippen LogP contribution in [0, 0.1) is 0 Å². The van der Waals surface area contributed by atoms with Crippen molar-refractivity contribution in [1.29, 1.82) is 0 Å². The number of aromatic amines is 1. The number of hydrogen-bond donors (Lipinski definition) is 1. The summed E-state index contributed by atoms with van der Waals surface area (Å²) in [5, 5.41) is 6.79. The zero-order valence-corrected chi connectivity index (χ0v) is 7.87. The minimum Gasteiger partial charge on any atom is -0.464 e. The summed E-state index contributed by atoms with van der Waals surface area (Å²) in [6.45, 7) is 0. The molecule has 0 saturated heterocycles. The summed E-state index contributed by atoms with van der Waals surface area (Å²) in [5.74, 6) is -0.437. The largest absolute Gasteiger partial charge is 0.464 e. The molecule has 0 amide bonds. The van der Waals surface area contributed by atoms with E-state index in [9.17, 15) is 4.79 Å². The number of rotatable bonds is 1. The lowest BCUT2D eigenvalue weighted by atomic mass is 10.0. The Labute approximate surface area is 80.9 Å². The van der Waals surface area contributed by atoms with Crippen LogP contribution in [0.15, 0.2) is 12.1 Å². The molecule has 5 nitrogen and oxygen atoms in total. The van der Waals surface area contributed by atoms with E-state index in [1.807, 2.05) is 7.85 Å². The van der Waals surface area contributed by atoms with E-state index >= 15 is 0 Å². The SMILES string of the molecule is Bc1n[nH]c2ccc(C(=O)OC)nc12. The highest BCUT2D eigenvalue weighted by molar-refractivity contribution is 6.36. The Morgan fingerprint density at radius 3 is 3.07 bits per heavy atom. The summed E-state index contributed by atoms with van der Waals surface area (Å²) in [7, 11) is 3.16. The molecule has 2 aromatic heterocycles. The zero-order chi connectivity index (χ0) is 10.1. The molecule has 2 heterocycles. The van der Waals surface area contributed by atoms with Gasteiger partial charge in [0, 0.05) is 5.59 Å². The van der Waals surface area contributed by atoms with Crippen LogP contribution in [-0.4, -0.2) is 36.1 Å². The molecule has 0 aliphatic carbocycles. The summed E-state index contributed by atoms with van der Waals surface area (Å²) in [5.41, 5.74) is 2.58. The van der Waals surface area contributed by atoms with E-state index in [4.69, 9.17) is 0 Å². The summed E-state index contributed by atoms with van der Waals surface area (Å²) in [6.07, 6.45) is 0. The standard InChI is InChI=1S/C8H8BN3O2/c1-14-8(13)5-3-2-4-6(10-5)7(9)12-11-4/h2-3H,9H2,1H3,(H,11,12). The molecule has 0 bridgehead atoms. The molecule has 0 aliphatic heterocycles. The first-order valence-electron chi connectivity index (χ1n) is 4.12. The Kier molecular flexibility index (Phi) is 1.96. The smallest absolute Gasteiger partial charge is 0.356 e. The van der Waals surface area contributed by atoms with E-state index in [0.717, 1.165) is 11.1 Å². The van der Waals surface area contributed by atoms with Crippen molar-refractivity contribution in [3.63, 3.8) is 0 Å². The first kappa shape index (κ1) is 8.74. The number of hydrogen-bond acceptors (Lipinski definition) is 4. The number of ether oxygens (including phenoxy) is 1. The lowest BCUT2D eigenvalue weighted by Crippen LogP contribution is -2.08. The van der Waals surface area contributed by atoms with E-state index in [2.05, 4.69) is 19.9 Å². The molecule has 0 radical (unpaired) electrons. The van der Waals surface area contributed by atoms with E-state index in [1.165, 1.54) is 7.11 Å². The fraction of sp³-hybridized carbons (Fsp3) is 0.125. The summed E-state index contributed by atoms with van der Waals surface area (Å²) >= 11 is 0. The number of fused-ring (bicyclic) bond motifs is 1. The first-order chi connectivity index (χ1) is 6.72. The van der Waals surface area contributed by atoms with Crippen LogP contribution in [0.2, 0.25) is 0 Å². The van der Waals surface area contributed by atoms with Crippen LogP contribution in [0.4, 0.5) is 0 Å². The number of aromatic nitrogens is 3. The molecule has 1 N–H and O–H groups in total. The van der Waals surface area contributed by atoms with Gasteiger partial charge >= 0.3 is 5.97 Å². The molecular formula is C8H8BN3O2. The maximum absolute atomic E-state index is 11.2. The molecule has 2 rings (SSSR count). The van der Waals surface area contributed by atoms with Crippen molar-refractivity contribution < 1.29 is 9.53 Å². The van der Waals surface area contributed by atoms with Gasteiger partial charge in [0.05, 0.1) is 12.6 Å². The monoisotopic (exact) mass is 189 g/mol. The molecule has 6 heteroatoms. The van der Waals surface area contributed by atoms with Crippen LogP contribution >= 0.6 is 0 Å². The third kappa shape index (κ3) is 1.24. The zero-order valence-electron chi connectivity index (χ0n) is 7.87. The second-order valence-electron chi connectivity index (χ2n) is 2.89. The minimum absolute atomic E-state index is 0.296. The topological polar surface area (TPSA) is 67.9 Å². The van der Waals surface area contributed by atoms with E-state index in [0.29, 0.717) is 11.2 Å². The molecule has 0 saturated carbocycles. The number of esters is 1. The molecular weight excluding hydrogens is 181 g/mol. The van der Waals surface area contributed by atoms with Crippen molar-refractivity contribution in [2.75, 3.05) is 7.11 Å². The average molecular weight is 189 g/mol. The fourth-order valence-corrected chi connectivity index (χ4v) is 1.24. The maximum atomic E-state index is 11.2. The van der Waals surface area contributed by atoms with Crippen LogP contribution in [0.25, 0.3) is 11.0 Å². The molecule has 70 valence electrons. The molecule has 0 unspecified atom stereocenters. The number of H-pyrrole nitrogens is 1. The summed E-state index contributed by atoms with van der Waals surface area (Å²) in [4.78, 5) is 15.3. The van der Waals surface area contributed by atoms with Gasteiger partial charge in [0.25, 0.3) is 0 Å². The van der Waals surface area contributed by atoms with Gasteiger partial charge in [0.15, 0.2) is 7.85 Å². The predicted octanol–water partition coefficient (Wildman–Crippen LogP) is -0.997. The first-order valence-corrected chi connectivity index (χ1v) is 4.12. The van der Waals surface area contributed by atoms with Crippen molar-refractivity contribution >= 4 is 30.4 Å². The number of nitrogens with one attached hydrogen (secondary N) is 1. The maximum Gasteiger partial charge on any atom is 0.356 e. The van der Waals surface area contributed by atoms with E-state index < -0.39 is 5.97 Å². The van der Waals surface area contributed by atoms with Gasteiger partial charge in [-0.05, 0) is 12.1 Å². The highest BCUT2D eigenvalue weighted by Crippen LogP contribution is 2.06. The number of pyridine rings is 1. The second-order valence-corrected chi connectivity index (χ2v) is 2.89. The second kappa shape index (κ2) is 3.14. The molecule has 0 fully saturated rings. The molecule has 0 spiro atoms. The summed E-state index contributed by atoms with van der Waals surface area (Å²) < 4.78 is 4.57. The highest BCUT2D eigenvalue weighted by Gasteiger charge is 2.09. The van der Waals surface area contributed by atoms with E-state index in [-0.39, 0.29) is 0 Å². The van der Waals surface area contributed by atoms with Crippen LogP contribution in [0.1, 0.15) is 10.5 Å². The quantitative estimate of drug-likeness (QED) is 0.461. The number of carbonyl (C=O) groups excluding carboxylic acids is 1. The average Bonchev–Trinajstić information content (AvgIpc) is 2.59. The Morgan fingerprint density at radius 1 is 1.57 bits per heavy atom. The molecule has 0 aromatic carbocycles. The molecule has 0 aliphatic rings. The molecule has 0 atom stereocenters. The van der Waals surface area contributed by atoms with Crippen LogP contribution in [0.5, 0.6) is 0 Å². The van der Waals surface area contributed by atoms with Crippen molar-refractivity contribution in [3.05, 3.63) is 17.8 Å².